The third-order valence-corrected chi connectivity index (χ3v) is 5.13. The fraction of sp³-hybridized carbons (Fsp3) is 0.533. The molecular weight excluding hydrogens is 288 g/mol. The maximum atomic E-state index is 12.4. The predicted octanol–water partition coefficient (Wildman–Crippen LogP) is 1.95. The molecule has 21 heavy (non-hydrogen) atoms. The summed E-state index contributed by atoms with van der Waals surface area (Å²) in [6.45, 7) is 3.75. The number of nitrogens with zero attached hydrogens (tertiary/aromatic N) is 2. The lowest BCUT2D eigenvalue weighted by Crippen LogP contribution is -2.39. The highest BCUT2D eigenvalue weighted by Gasteiger charge is 2.22. The zero-order chi connectivity index (χ0) is 15.6. The minimum Gasteiger partial charge on any atom is -0.338 e. The highest BCUT2D eigenvalue weighted by Crippen LogP contribution is 2.20. The molecule has 0 aromatic heterocycles. The fourth-order valence-electron chi connectivity index (χ4n) is 2.56. The zero-order valence-electron chi connectivity index (χ0n) is 12.7. The van der Waals surface area contributed by atoms with E-state index in [-0.39, 0.29) is 5.91 Å². The number of amides is 1. The Bertz CT molecular complexity index is 610. The Hall–Kier alpha value is -1.56. The summed E-state index contributed by atoms with van der Waals surface area (Å²) >= 11 is 0. The van der Waals surface area contributed by atoms with Crippen molar-refractivity contribution in [1.29, 1.82) is 0 Å². The molecule has 0 bridgehead atoms. The Labute approximate surface area is 126 Å². The van der Waals surface area contributed by atoms with Gasteiger partial charge in [-0.15, -0.1) is 0 Å². The Balaban J connectivity index is 2.13. The molecule has 1 heterocycles. The first-order valence-electron chi connectivity index (χ1n) is 7.12. The lowest BCUT2D eigenvalue weighted by atomic mass is 9.99. The number of anilines is 1. The van der Waals surface area contributed by atoms with Crippen LogP contribution in [0.3, 0.4) is 0 Å². The van der Waals surface area contributed by atoms with Crippen LogP contribution >= 0.6 is 0 Å². The Morgan fingerprint density at radius 3 is 2.43 bits per heavy atom. The molecular formula is C15H22N2O3S. The van der Waals surface area contributed by atoms with Crippen molar-refractivity contribution in [1.82, 2.24) is 4.90 Å². The van der Waals surface area contributed by atoms with Gasteiger partial charge in [-0.2, -0.15) is 0 Å². The second-order valence-electron chi connectivity index (χ2n) is 5.78. The zero-order valence-corrected chi connectivity index (χ0v) is 13.6. The second kappa shape index (κ2) is 6.05. The van der Waals surface area contributed by atoms with Crippen LogP contribution in [0.25, 0.3) is 0 Å². The van der Waals surface area contributed by atoms with E-state index in [1.54, 1.807) is 24.3 Å². The highest BCUT2D eigenvalue weighted by atomic mass is 32.2. The largest absolute Gasteiger partial charge is 0.338 e. The molecule has 1 aromatic carbocycles. The summed E-state index contributed by atoms with van der Waals surface area (Å²) in [5.41, 5.74) is 1.16. The maximum absolute atomic E-state index is 12.4. The van der Waals surface area contributed by atoms with Crippen LogP contribution in [0.4, 0.5) is 5.69 Å². The third-order valence-electron chi connectivity index (χ3n) is 3.92. The second-order valence-corrected chi connectivity index (χ2v) is 7.79. The molecule has 6 heteroatoms. The van der Waals surface area contributed by atoms with Gasteiger partial charge in [-0.1, -0.05) is 6.92 Å². The summed E-state index contributed by atoms with van der Waals surface area (Å²) in [6, 6.07) is 6.72. The van der Waals surface area contributed by atoms with Gasteiger partial charge < -0.3 is 4.90 Å². The lowest BCUT2D eigenvalue weighted by molar-refractivity contribution is 0.0683. The van der Waals surface area contributed by atoms with E-state index < -0.39 is 10.0 Å². The van der Waals surface area contributed by atoms with Gasteiger partial charge in [-0.25, -0.2) is 8.42 Å². The predicted molar refractivity (Wildman–Crippen MR) is 84.0 cm³/mol. The van der Waals surface area contributed by atoms with Crippen molar-refractivity contribution < 1.29 is 13.2 Å². The summed E-state index contributed by atoms with van der Waals surface area (Å²) in [6.07, 6.45) is 3.37. The molecule has 1 aromatic rings. The molecule has 1 fully saturated rings. The first kappa shape index (κ1) is 15.8. The van der Waals surface area contributed by atoms with E-state index in [4.69, 9.17) is 0 Å². The number of sulfonamides is 1. The van der Waals surface area contributed by atoms with Crippen molar-refractivity contribution in [3.8, 4) is 0 Å². The monoisotopic (exact) mass is 310 g/mol. The number of rotatable bonds is 3. The molecule has 1 aliphatic heterocycles. The SMILES string of the molecule is CC1CCCN(C(=O)c2ccc(N(C)S(C)(=O)=O)cc2)C1. The number of hydrogen-bond donors (Lipinski definition) is 0. The molecule has 0 saturated carbocycles. The van der Waals surface area contributed by atoms with Gasteiger partial charge in [0.2, 0.25) is 10.0 Å². The summed E-state index contributed by atoms with van der Waals surface area (Å²) < 4.78 is 24.2. The number of piperidine rings is 1. The van der Waals surface area contributed by atoms with Gasteiger partial charge in [0.25, 0.3) is 5.91 Å². The van der Waals surface area contributed by atoms with Crippen molar-refractivity contribution in [2.75, 3.05) is 30.7 Å². The smallest absolute Gasteiger partial charge is 0.253 e. The number of hydrogen-bond acceptors (Lipinski definition) is 3. The summed E-state index contributed by atoms with van der Waals surface area (Å²) in [5.74, 6) is 0.563. The van der Waals surface area contributed by atoms with Crippen molar-refractivity contribution in [2.45, 2.75) is 19.8 Å². The normalized spacial score (nSPS) is 19.4. The van der Waals surface area contributed by atoms with Gasteiger partial charge in [0.1, 0.15) is 0 Å². The van der Waals surface area contributed by atoms with Crippen LogP contribution in [-0.4, -0.2) is 45.6 Å². The van der Waals surface area contributed by atoms with Gasteiger partial charge in [-0.3, -0.25) is 9.10 Å². The number of benzene rings is 1. The van der Waals surface area contributed by atoms with E-state index in [2.05, 4.69) is 6.92 Å². The minimum absolute atomic E-state index is 0.0232. The van der Waals surface area contributed by atoms with Crippen molar-refractivity contribution in [3.05, 3.63) is 29.8 Å². The van der Waals surface area contributed by atoms with E-state index in [1.165, 1.54) is 17.8 Å². The Kier molecular flexibility index (Phi) is 4.56. The topological polar surface area (TPSA) is 57.7 Å². The van der Waals surface area contributed by atoms with Gasteiger partial charge in [0.15, 0.2) is 0 Å². The first-order chi connectivity index (χ1) is 9.79. The van der Waals surface area contributed by atoms with Gasteiger partial charge in [0, 0.05) is 25.7 Å². The lowest BCUT2D eigenvalue weighted by Gasteiger charge is -2.31. The van der Waals surface area contributed by atoms with E-state index in [1.807, 2.05) is 4.90 Å². The Morgan fingerprint density at radius 1 is 1.29 bits per heavy atom. The summed E-state index contributed by atoms with van der Waals surface area (Å²) in [7, 11) is -1.78. The van der Waals surface area contributed by atoms with Crippen LogP contribution in [0.5, 0.6) is 0 Å². The highest BCUT2D eigenvalue weighted by molar-refractivity contribution is 7.92. The van der Waals surface area contributed by atoms with E-state index in [9.17, 15) is 13.2 Å². The van der Waals surface area contributed by atoms with Crippen molar-refractivity contribution in [3.63, 3.8) is 0 Å². The van der Waals surface area contributed by atoms with E-state index in [0.717, 1.165) is 25.8 Å². The Morgan fingerprint density at radius 2 is 1.90 bits per heavy atom. The van der Waals surface area contributed by atoms with E-state index in [0.29, 0.717) is 17.2 Å². The van der Waals surface area contributed by atoms with Gasteiger partial charge in [-0.05, 0) is 43.0 Å². The molecule has 1 unspecified atom stereocenters. The van der Waals surface area contributed by atoms with E-state index >= 15 is 0 Å². The molecule has 5 nitrogen and oxygen atoms in total. The molecule has 0 spiro atoms. The van der Waals surface area contributed by atoms with Crippen LogP contribution in [0.2, 0.25) is 0 Å². The quantitative estimate of drug-likeness (QED) is 0.857. The van der Waals surface area contributed by atoms with Crippen molar-refractivity contribution in [2.24, 2.45) is 5.92 Å². The average molecular weight is 310 g/mol. The molecule has 1 aliphatic rings. The van der Waals surface area contributed by atoms with Crippen LogP contribution < -0.4 is 4.31 Å². The number of carbonyl (C=O) groups excluding carboxylic acids is 1. The molecule has 1 saturated heterocycles. The molecule has 2 rings (SSSR count). The van der Waals surface area contributed by atoms with Crippen LogP contribution in [0.1, 0.15) is 30.1 Å². The molecule has 0 radical (unpaired) electrons. The standard InChI is InChI=1S/C15H22N2O3S/c1-12-5-4-10-17(11-12)15(18)13-6-8-14(9-7-13)16(2)21(3,19)20/h6-9,12H,4-5,10-11H2,1-3H3. The molecule has 1 atom stereocenters. The average Bonchev–Trinajstić information content (AvgIpc) is 2.45. The maximum Gasteiger partial charge on any atom is 0.253 e. The summed E-state index contributed by atoms with van der Waals surface area (Å²) in [5, 5.41) is 0. The van der Waals surface area contributed by atoms with Crippen LogP contribution in [0.15, 0.2) is 24.3 Å². The van der Waals surface area contributed by atoms with Gasteiger partial charge >= 0.3 is 0 Å². The molecule has 1 amide bonds. The fourth-order valence-corrected chi connectivity index (χ4v) is 3.07. The molecule has 0 N–H and O–H groups in total. The number of carbonyl (C=O) groups is 1. The van der Waals surface area contributed by atoms with Crippen LogP contribution in [-0.2, 0) is 10.0 Å². The first-order valence-corrected chi connectivity index (χ1v) is 8.97. The van der Waals surface area contributed by atoms with Gasteiger partial charge in [0.05, 0.1) is 11.9 Å². The third kappa shape index (κ3) is 3.75. The van der Waals surface area contributed by atoms with Crippen molar-refractivity contribution >= 4 is 21.6 Å². The van der Waals surface area contributed by atoms with Crippen LogP contribution in [0, 0.1) is 5.92 Å². The molecule has 0 aliphatic carbocycles. The summed E-state index contributed by atoms with van der Waals surface area (Å²) in [4.78, 5) is 14.3. The molecule has 116 valence electrons. The minimum atomic E-state index is -3.28. The number of likely N-dealkylation sites (tertiary alicyclic amines) is 1.